The Morgan fingerprint density at radius 1 is 0.947 bits per heavy atom. The van der Waals surface area contributed by atoms with Gasteiger partial charge in [0.2, 0.25) is 0 Å². The minimum atomic E-state index is 0.469. The van der Waals surface area contributed by atoms with Crippen LogP contribution >= 0.6 is 11.6 Å². The van der Waals surface area contributed by atoms with Gasteiger partial charge in [0, 0.05) is 17.8 Å². The van der Waals surface area contributed by atoms with Crippen molar-refractivity contribution >= 4 is 34.7 Å². The van der Waals surface area contributed by atoms with Crippen LogP contribution in [0.5, 0.6) is 0 Å². The average molecular weight is 268 g/mol. The molecule has 0 amide bonds. The largest absolute Gasteiger partial charge is 0.264 e. The second kappa shape index (κ2) is 5.16. The molecular weight excluding hydrogens is 258 g/mol. The van der Waals surface area contributed by atoms with Crippen molar-refractivity contribution in [3.63, 3.8) is 0 Å². The molecule has 3 nitrogen and oxygen atoms in total. The first kappa shape index (κ1) is 11.8. The number of halogens is 1. The molecule has 1 aromatic carbocycles. The number of rotatable bonds is 2. The number of fused-ring (bicyclic) bond motifs is 1. The van der Waals surface area contributed by atoms with Crippen molar-refractivity contribution in [1.82, 2.24) is 15.0 Å². The summed E-state index contributed by atoms with van der Waals surface area (Å²) >= 11 is 6.15. The van der Waals surface area contributed by atoms with E-state index in [2.05, 4.69) is 15.0 Å². The maximum absolute atomic E-state index is 6.15. The number of hydrogen-bond acceptors (Lipinski definition) is 3. The molecule has 0 fully saturated rings. The molecule has 0 aliphatic rings. The molecule has 2 heterocycles. The number of aromatic nitrogens is 3. The number of pyridine rings is 1. The van der Waals surface area contributed by atoms with Gasteiger partial charge in [0.25, 0.3) is 0 Å². The van der Waals surface area contributed by atoms with E-state index >= 15 is 0 Å². The molecule has 3 rings (SSSR count). The van der Waals surface area contributed by atoms with Crippen LogP contribution < -0.4 is 0 Å². The third kappa shape index (κ3) is 2.61. The molecule has 0 saturated heterocycles. The monoisotopic (exact) mass is 267 g/mol. The molecule has 92 valence electrons. The van der Waals surface area contributed by atoms with E-state index in [0.29, 0.717) is 11.0 Å². The molecule has 0 radical (unpaired) electrons. The first-order valence-electron chi connectivity index (χ1n) is 5.83. The van der Waals surface area contributed by atoms with Gasteiger partial charge in [0.1, 0.15) is 5.15 Å². The Kier molecular flexibility index (Phi) is 3.21. The average Bonchev–Trinajstić information content (AvgIpc) is 2.46. The van der Waals surface area contributed by atoms with Crippen molar-refractivity contribution in [2.75, 3.05) is 0 Å². The van der Waals surface area contributed by atoms with E-state index in [4.69, 9.17) is 11.6 Å². The molecule has 2 aromatic heterocycles. The van der Waals surface area contributed by atoms with Crippen LogP contribution in [-0.2, 0) is 0 Å². The predicted molar refractivity (Wildman–Crippen MR) is 77.7 cm³/mol. The third-order valence-corrected chi connectivity index (χ3v) is 2.97. The van der Waals surface area contributed by atoms with Crippen LogP contribution in [0.3, 0.4) is 0 Å². The van der Waals surface area contributed by atoms with Gasteiger partial charge >= 0.3 is 0 Å². The topological polar surface area (TPSA) is 38.7 Å². The molecule has 0 saturated carbocycles. The molecule has 0 bridgehead atoms. The Morgan fingerprint density at radius 3 is 2.68 bits per heavy atom. The van der Waals surface area contributed by atoms with E-state index in [1.54, 1.807) is 12.4 Å². The third-order valence-electron chi connectivity index (χ3n) is 2.68. The summed E-state index contributed by atoms with van der Waals surface area (Å²) in [6.45, 7) is 0. The highest BCUT2D eigenvalue weighted by Gasteiger charge is 2.02. The fourth-order valence-corrected chi connectivity index (χ4v) is 2.02. The molecule has 4 heteroatoms. The lowest BCUT2D eigenvalue weighted by atomic mass is 10.2. The van der Waals surface area contributed by atoms with Crippen LogP contribution in [0.15, 0.2) is 48.8 Å². The lowest BCUT2D eigenvalue weighted by Gasteiger charge is -2.00. The molecule has 3 aromatic rings. The molecule has 0 unspecified atom stereocenters. The van der Waals surface area contributed by atoms with Gasteiger partial charge in [0.15, 0.2) is 5.82 Å². The predicted octanol–water partition coefficient (Wildman–Crippen LogP) is 3.85. The second-order valence-electron chi connectivity index (χ2n) is 4.01. The van der Waals surface area contributed by atoms with Gasteiger partial charge in [0.05, 0.1) is 5.52 Å². The zero-order valence-corrected chi connectivity index (χ0v) is 10.7. The highest BCUT2D eigenvalue weighted by molar-refractivity contribution is 6.34. The fraction of sp³-hybridized carbons (Fsp3) is 0. The van der Waals surface area contributed by atoms with Crippen LogP contribution in [0, 0.1) is 0 Å². The summed E-state index contributed by atoms with van der Waals surface area (Å²) < 4.78 is 0. The maximum Gasteiger partial charge on any atom is 0.154 e. The fourth-order valence-electron chi connectivity index (χ4n) is 1.77. The van der Waals surface area contributed by atoms with E-state index in [-0.39, 0.29) is 0 Å². The Balaban J connectivity index is 2.00. The first-order chi connectivity index (χ1) is 9.33. The summed E-state index contributed by atoms with van der Waals surface area (Å²) in [6, 6.07) is 11.5. The molecule has 0 atom stereocenters. The summed E-state index contributed by atoms with van der Waals surface area (Å²) in [5.41, 5.74) is 1.84. The normalized spacial score (nSPS) is 11.2. The van der Waals surface area contributed by atoms with E-state index in [1.807, 2.05) is 48.6 Å². The summed E-state index contributed by atoms with van der Waals surface area (Å²) in [7, 11) is 0. The van der Waals surface area contributed by atoms with Crippen LogP contribution in [0.1, 0.15) is 11.4 Å². The van der Waals surface area contributed by atoms with E-state index < -0.39 is 0 Å². The van der Waals surface area contributed by atoms with Gasteiger partial charge in [-0.1, -0.05) is 29.8 Å². The second-order valence-corrected chi connectivity index (χ2v) is 4.37. The standard InChI is InChI=1S/C15H10ClN3/c16-15-12-5-1-2-6-13(12)18-14(19-15)8-7-11-4-3-9-17-10-11/h1-10H/b8-7+. The quantitative estimate of drug-likeness (QED) is 0.662. The molecule has 0 aliphatic carbocycles. The van der Waals surface area contributed by atoms with Crippen molar-refractivity contribution in [3.05, 3.63) is 65.3 Å². The molecule has 0 N–H and O–H groups in total. The van der Waals surface area contributed by atoms with Crippen molar-refractivity contribution in [2.45, 2.75) is 0 Å². The lowest BCUT2D eigenvalue weighted by Crippen LogP contribution is -1.90. The smallest absolute Gasteiger partial charge is 0.154 e. The van der Waals surface area contributed by atoms with Crippen LogP contribution in [0.4, 0.5) is 0 Å². The Morgan fingerprint density at radius 2 is 1.84 bits per heavy atom. The van der Waals surface area contributed by atoms with Gasteiger partial charge in [-0.3, -0.25) is 4.98 Å². The Labute approximate surface area is 115 Å². The van der Waals surface area contributed by atoms with Crippen molar-refractivity contribution in [2.24, 2.45) is 0 Å². The van der Waals surface area contributed by atoms with Gasteiger partial charge in [-0.15, -0.1) is 0 Å². The first-order valence-corrected chi connectivity index (χ1v) is 6.21. The number of nitrogens with zero attached hydrogens (tertiary/aromatic N) is 3. The summed E-state index contributed by atoms with van der Waals surface area (Å²) in [6.07, 6.45) is 7.25. The highest BCUT2D eigenvalue weighted by Crippen LogP contribution is 2.20. The number of para-hydroxylation sites is 1. The van der Waals surface area contributed by atoms with Crippen molar-refractivity contribution < 1.29 is 0 Å². The minimum Gasteiger partial charge on any atom is -0.264 e. The van der Waals surface area contributed by atoms with Crippen molar-refractivity contribution in [3.8, 4) is 0 Å². The highest BCUT2D eigenvalue weighted by atomic mass is 35.5. The van der Waals surface area contributed by atoms with Gasteiger partial charge in [-0.2, -0.15) is 0 Å². The summed E-state index contributed by atoms with van der Waals surface area (Å²) in [5, 5.41) is 1.33. The van der Waals surface area contributed by atoms with Gasteiger partial charge in [-0.25, -0.2) is 9.97 Å². The molecule has 0 spiro atoms. The zero-order chi connectivity index (χ0) is 13.1. The Bertz CT molecular complexity index is 739. The maximum atomic E-state index is 6.15. The zero-order valence-electron chi connectivity index (χ0n) is 9.99. The number of benzene rings is 1. The summed E-state index contributed by atoms with van der Waals surface area (Å²) in [4.78, 5) is 12.8. The van der Waals surface area contributed by atoms with Gasteiger partial charge < -0.3 is 0 Å². The summed E-state index contributed by atoms with van der Waals surface area (Å²) in [5.74, 6) is 0.590. The number of hydrogen-bond donors (Lipinski definition) is 0. The minimum absolute atomic E-state index is 0.469. The lowest BCUT2D eigenvalue weighted by molar-refractivity contribution is 1.19. The van der Waals surface area contributed by atoms with E-state index in [0.717, 1.165) is 16.5 Å². The van der Waals surface area contributed by atoms with Crippen LogP contribution in [0.25, 0.3) is 23.1 Å². The van der Waals surface area contributed by atoms with Gasteiger partial charge in [-0.05, 0) is 35.9 Å². The molecular formula is C15H10ClN3. The van der Waals surface area contributed by atoms with Crippen LogP contribution in [0.2, 0.25) is 5.15 Å². The van der Waals surface area contributed by atoms with E-state index in [1.165, 1.54) is 0 Å². The van der Waals surface area contributed by atoms with E-state index in [9.17, 15) is 0 Å². The molecule has 0 aliphatic heterocycles. The van der Waals surface area contributed by atoms with Crippen LogP contribution in [-0.4, -0.2) is 15.0 Å². The molecule has 19 heavy (non-hydrogen) atoms. The van der Waals surface area contributed by atoms with Crippen molar-refractivity contribution in [1.29, 1.82) is 0 Å². The SMILES string of the molecule is Clc1nc(/C=C/c2cccnc2)nc2ccccc12. The Hall–Kier alpha value is -2.26.